The van der Waals surface area contributed by atoms with Gasteiger partial charge in [0.15, 0.2) is 5.69 Å². The number of aromatic nitrogens is 1. The summed E-state index contributed by atoms with van der Waals surface area (Å²) in [7, 11) is 0. The summed E-state index contributed by atoms with van der Waals surface area (Å²) in [5.41, 5.74) is 1.03. The molecule has 1 amide bonds. The summed E-state index contributed by atoms with van der Waals surface area (Å²) >= 11 is 0. The van der Waals surface area contributed by atoms with Crippen molar-refractivity contribution >= 4 is 5.91 Å². The van der Waals surface area contributed by atoms with Gasteiger partial charge in [-0.15, -0.1) is 0 Å². The molecule has 8 nitrogen and oxygen atoms in total. The number of ether oxygens (including phenoxy) is 1. The molecule has 1 fully saturated rings. The maximum absolute atomic E-state index is 12.9. The fourth-order valence-electron chi connectivity index (χ4n) is 3.34. The van der Waals surface area contributed by atoms with Gasteiger partial charge in [0.1, 0.15) is 12.1 Å². The number of nitrogens with one attached hydrogen (secondary N) is 1. The molecule has 0 saturated carbocycles. The van der Waals surface area contributed by atoms with Crippen LogP contribution in [0.15, 0.2) is 34.9 Å². The molecule has 1 aromatic heterocycles. The Kier molecular flexibility index (Phi) is 8.53. The monoisotopic (exact) mass is 434 g/mol. The van der Waals surface area contributed by atoms with Crippen molar-refractivity contribution in [1.82, 2.24) is 20.1 Å². The van der Waals surface area contributed by atoms with Gasteiger partial charge in [0.05, 0.1) is 25.4 Å². The molecule has 2 N–H and O–H groups in total. The van der Waals surface area contributed by atoms with E-state index in [9.17, 15) is 14.3 Å². The van der Waals surface area contributed by atoms with Crippen molar-refractivity contribution in [3.63, 3.8) is 0 Å². The summed E-state index contributed by atoms with van der Waals surface area (Å²) in [5, 5.41) is 12.8. The summed E-state index contributed by atoms with van der Waals surface area (Å²) < 4.78 is 23.9. The molecule has 1 aromatic carbocycles. The van der Waals surface area contributed by atoms with E-state index in [4.69, 9.17) is 9.15 Å². The van der Waals surface area contributed by atoms with Crippen LogP contribution in [0.1, 0.15) is 35.8 Å². The van der Waals surface area contributed by atoms with E-state index in [2.05, 4.69) is 20.1 Å². The third-order valence-corrected chi connectivity index (χ3v) is 5.07. The van der Waals surface area contributed by atoms with Crippen LogP contribution in [0.3, 0.4) is 0 Å². The highest BCUT2D eigenvalue weighted by molar-refractivity contribution is 5.91. The average Bonchev–Trinajstić information content (AvgIpc) is 3.22. The molecule has 1 saturated heterocycles. The lowest BCUT2D eigenvalue weighted by Crippen LogP contribution is -2.48. The second-order valence-electron chi connectivity index (χ2n) is 8.05. The second kappa shape index (κ2) is 11.3. The molecule has 3 rings (SSSR count). The zero-order valence-corrected chi connectivity index (χ0v) is 18.1. The number of halogens is 1. The molecule has 0 unspecified atom stereocenters. The predicted molar refractivity (Wildman–Crippen MR) is 113 cm³/mol. The Bertz CT molecular complexity index is 819. The third kappa shape index (κ3) is 7.70. The summed E-state index contributed by atoms with van der Waals surface area (Å²) in [6.45, 7) is 8.99. The Morgan fingerprint density at radius 2 is 1.90 bits per heavy atom. The number of oxazole rings is 1. The van der Waals surface area contributed by atoms with Gasteiger partial charge in [-0.2, -0.15) is 0 Å². The Morgan fingerprint density at radius 3 is 2.58 bits per heavy atom. The first-order chi connectivity index (χ1) is 14.9. The SMILES string of the molecule is CC(C)OC[C@@H](O)CN1CCN(Cc2nc(C(=O)NCc3ccc(F)cc3)co2)CC1. The van der Waals surface area contributed by atoms with Crippen LogP contribution in [-0.2, 0) is 17.8 Å². The molecular formula is C22H31FN4O4. The van der Waals surface area contributed by atoms with E-state index in [0.29, 0.717) is 25.6 Å². The first-order valence-corrected chi connectivity index (χ1v) is 10.6. The van der Waals surface area contributed by atoms with Crippen molar-refractivity contribution in [2.75, 3.05) is 39.3 Å². The van der Waals surface area contributed by atoms with E-state index in [1.54, 1.807) is 12.1 Å². The van der Waals surface area contributed by atoms with Crippen LogP contribution in [0, 0.1) is 5.82 Å². The van der Waals surface area contributed by atoms with Gasteiger partial charge in [-0.3, -0.25) is 14.6 Å². The van der Waals surface area contributed by atoms with Gasteiger partial charge in [-0.25, -0.2) is 9.37 Å². The van der Waals surface area contributed by atoms with Gasteiger partial charge in [-0.05, 0) is 31.5 Å². The summed E-state index contributed by atoms with van der Waals surface area (Å²) in [5.74, 6) is -0.152. The summed E-state index contributed by atoms with van der Waals surface area (Å²) in [6, 6.07) is 5.96. The number of amides is 1. The number of carbonyl (C=O) groups is 1. The highest BCUT2D eigenvalue weighted by Gasteiger charge is 2.21. The fraction of sp³-hybridized carbons (Fsp3) is 0.545. The molecule has 0 aliphatic carbocycles. The van der Waals surface area contributed by atoms with Crippen LogP contribution < -0.4 is 5.32 Å². The van der Waals surface area contributed by atoms with Gasteiger partial charge in [0, 0.05) is 39.3 Å². The number of carbonyl (C=O) groups excluding carboxylic acids is 1. The van der Waals surface area contributed by atoms with Crippen molar-refractivity contribution in [3.8, 4) is 0 Å². The van der Waals surface area contributed by atoms with E-state index >= 15 is 0 Å². The van der Waals surface area contributed by atoms with E-state index in [0.717, 1.165) is 31.7 Å². The molecule has 2 aromatic rings. The number of piperazine rings is 1. The fourth-order valence-corrected chi connectivity index (χ4v) is 3.34. The van der Waals surface area contributed by atoms with Crippen LogP contribution in [0.2, 0.25) is 0 Å². The summed E-state index contributed by atoms with van der Waals surface area (Å²) in [6.07, 6.45) is 0.982. The average molecular weight is 435 g/mol. The molecule has 1 aliphatic heterocycles. The lowest BCUT2D eigenvalue weighted by molar-refractivity contribution is -0.0151. The minimum atomic E-state index is -0.489. The van der Waals surface area contributed by atoms with Crippen LogP contribution in [0.5, 0.6) is 0 Å². The molecule has 1 atom stereocenters. The van der Waals surface area contributed by atoms with Crippen molar-refractivity contribution in [3.05, 3.63) is 53.5 Å². The lowest BCUT2D eigenvalue weighted by Gasteiger charge is -2.35. The Labute approximate surface area is 182 Å². The largest absolute Gasteiger partial charge is 0.447 e. The van der Waals surface area contributed by atoms with Gasteiger partial charge in [0.25, 0.3) is 5.91 Å². The van der Waals surface area contributed by atoms with Gasteiger partial charge in [-0.1, -0.05) is 12.1 Å². The molecule has 0 spiro atoms. The van der Waals surface area contributed by atoms with Crippen molar-refractivity contribution in [2.45, 2.75) is 39.1 Å². The van der Waals surface area contributed by atoms with Crippen molar-refractivity contribution in [2.24, 2.45) is 0 Å². The minimum Gasteiger partial charge on any atom is -0.447 e. The number of aliphatic hydroxyl groups is 1. The predicted octanol–water partition coefficient (Wildman–Crippen LogP) is 1.65. The van der Waals surface area contributed by atoms with E-state index < -0.39 is 6.10 Å². The molecule has 0 bridgehead atoms. The van der Waals surface area contributed by atoms with Gasteiger partial charge in [0.2, 0.25) is 5.89 Å². The molecule has 170 valence electrons. The number of aliphatic hydroxyl groups excluding tert-OH is 1. The Hall–Kier alpha value is -2.33. The number of benzene rings is 1. The minimum absolute atomic E-state index is 0.113. The summed E-state index contributed by atoms with van der Waals surface area (Å²) in [4.78, 5) is 21.0. The van der Waals surface area contributed by atoms with Crippen LogP contribution in [-0.4, -0.2) is 77.3 Å². The van der Waals surface area contributed by atoms with Gasteiger partial charge < -0.3 is 19.6 Å². The van der Waals surface area contributed by atoms with Crippen molar-refractivity contribution < 1.29 is 23.4 Å². The number of hydrogen-bond donors (Lipinski definition) is 2. The maximum Gasteiger partial charge on any atom is 0.273 e. The maximum atomic E-state index is 12.9. The number of hydrogen-bond acceptors (Lipinski definition) is 7. The number of nitrogens with zero attached hydrogens (tertiary/aromatic N) is 3. The molecular weight excluding hydrogens is 403 g/mol. The lowest BCUT2D eigenvalue weighted by atomic mass is 10.2. The molecule has 9 heteroatoms. The molecule has 2 heterocycles. The number of β-amino-alcohol motifs (C(OH)–C–C–N with tert-alkyl or cyclic N) is 1. The van der Waals surface area contributed by atoms with Crippen LogP contribution in [0.4, 0.5) is 4.39 Å². The first-order valence-electron chi connectivity index (χ1n) is 10.6. The highest BCUT2D eigenvalue weighted by atomic mass is 19.1. The third-order valence-electron chi connectivity index (χ3n) is 5.07. The van der Waals surface area contributed by atoms with Crippen LogP contribution in [0.25, 0.3) is 0 Å². The van der Waals surface area contributed by atoms with E-state index in [-0.39, 0.29) is 30.1 Å². The van der Waals surface area contributed by atoms with E-state index in [1.165, 1.54) is 18.4 Å². The number of rotatable bonds is 10. The van der Waals surface area contributed by atoms with Gasteiger partial charge >= 0.3 is 0 Å². The Morgan fingerprint density at radius 1 is 1.23 bits per heavy atom. The quantitative estimate of drug-likeness (QED) is 0.588. The van der Waals surface area contributed by atoms with Crippen molar-refractivity contribution in [1.29, 1.82) is 0 Å². The molecule has 0 radical (unpaired) electrons. The molecule has 31 heavy (non-hydrogen) atoms. The van der Waals surface area contributed by atoms with Crippen LogP contribution >= 0.6 is 0 Å². The van der Waals surface area contributed by atoms with E-state index in [1.807, 2.05) is 13.8 Å². The highest BCUT2D eigenvalue weighted by Crippen LogP contribution is 2.10. The topological polar surface area (TPSA) is 91.1 Å². The Balaban J connectivity index is 1.39. The zero-order chi connectivity index (χ0) is 22.2. The zero-order valence-electron chi connectivity index (χ0n) is 18.1. The second-order valence-corrected chi connectivity index (χ2v) is 8.05. The smallest absolute Gasteiger partial charge is 0.273 e. The first kappa shape index (κ1) is 23.3. The normalized spacial score (nSPS) is 16.5. The standard InChI is InChI=1S/C22H31FN4O4/c1-16(2)30-14-19(28)12-26-7-9-27(10-8-26)13-21-25-20(15-31-21)22(29)24-11-17-3-5-18(23)6-4-17/h3-6,15-16,19,28H,7-14H2,1-2H3,(H,24,29)/t19-/m0/s1. The molecule has 1 aliphatic rings.